The minimum atomic E-state index is -0.314. The lowest BCUT2D eigenvalue weighted by molar-refractivity contribution is -0.139. The first-order valence-corrected chi connectivity index (χ1v) is 18.6. The van der Waals surface area contributed by atoms with Crippen LogP contribution in [0.25, 0.3) is 0 Å². The van der Waals surface area contributed by atoms with Crippen LogP contribution in [0.5, 0.6) is 0 Å². The van der Waals surface area contributed by atoms with Gasteiger partial charge in [-0.1, -0.05) is 66.3 Å². The molecule has 0 N–H and O–H groups in total. The summed E-state index contributed by atoms with van der Waals surface area (Å²) in [6.07, 6.45) is 7.42. The SMILES string of the molecule is C.CC.CC.CC(C)(C)C(=O)N1CCCc2c(nnn2C(C)(C)C)CC1.CC(C)(C)OCC1C2CCc3nnn(C(C)(C)C)c3CCC21. The molecule has 48 heavy (non-hydrogen) atoms. The lowest BCUT2D eigenvalue weighted by Gasteiger charge is -2.31. The van der Waals surface area contributed by atoms with Crippen molar-refractivity contribution in [2.24, 2.45) is 23.2 Å². The van der Waals surface area contributed by atoms with Crippen LogP contribution in [0.2, 0.25) is 0 Å². The summed E-state index contributed by atoms with van der Waals surface area (Å²) in [5, 5.41) is 17.6. The summed E-state index contributed by atoms with van der Waals surface area (Å²) in [6.45, 7) is 36.0. The van der Waals surface area contributed by atoms with Crippen molar-refractivity contribution in [1.82, 2.24) is 34.9 Å². The zero-order valence-corrected chi connectivity index (χ0v) is 33.3. The smallest absolute Gasteiger partial charge is 0.227 e. The number of rotatable bonds is 2. The van der Waals surface area contributed by atoms with Gasteiger partial charge in [0.25, 0.3) is 0 Å². The zero-order valence-electron chi connectivity index (χ0n) is 33.3. The lowest BCUT2D eigenvalue weighted by atomic mass is 9.94. The first kappa shape index (κ1) is 43.7. The van der Waals surface area contributed by atoms with Gasteiger partial charge in [-0.2, -0.15) is 0 Å². The van der Waals surface area contributed by atoms with Crippen molar-refractivity contribution in [3.63, 3.8) is 0 Å². The Bertz CT molecular complexity index is 1250. The predicted octanol–water partition coefficient (Wildman–Crippen LogP) is 8.67. The summed E-state index contributed by atoms with van der Waals surface area (Å²) in [5.74, 6) is 2.68. The third kappa shape index (κ3) is 11.7. The van der Waals surface area contributed by atoms with Crippen LogP contribution in [0.3, 0.4) is 0 Å². The molecular formula is C39H75N7O2. The van der Waals surface area contributed by atoms with Gasteiger partial charge in [-0.3, -0.25) is 4.79 Å². The van der Waals surface area contributed by atoms with E-state index in [1.807, 2.05) is 58.0 Å². The van der Waals surface area contributed by atoms with E-state index in [2.05, 4.69) is 87.6 Å². The van der Waals surface area contributed by atoms with Crippen molar-refractivity contribution < 1.29 is 9.53 Å². The molecule has 1 fully saturated rings. The molecule has 3 unspecified atom stereocenters. The van der Waals surface area contributed by atoms with Crippen molar-refractivity contribution in [3.05, 3.63) is 22.8 Å². The average Bonchev–Trinajstić information content (AvgIpc) is 3.22. The van der Waals surface area contributed by atoms with Gasteiger partial charge >= 0.3 is 0 Å². The van der Waals surface area contributed by atoms with Gasteiger partial charge < -0.3 is 9.64 Å². The number of amides is 1. The van der Waals surface area contributed by atoms with Crippen molar-refractivity contribution in [3.8, 4) is 0 Å². The summed E-state index contributed by atoms with van der Waals surface area (Å²) in [6, 6.07) is 0. The van der Waals surface area contributed by atoms with Crippen LogP contribution in [-0.2, 0) is 46.3 Å². The molecule has 2 aromatic heterocycles. The molecule has 3 aliphatic rings. The topological polar surface area (TPSA) is 91.0 Å². The van der Waals surface area contributed by atoms with Gasteiger partial charge in [-0.25, -0.2) is 9.36 Å². The molecule has 9 nitrogen and oxygen atoms in total. The number of carbonyl (C=O) groups is 1. The van der Waals surface area contributed by atoms with Gasteiger partial charge in [-0.05, 0) is 119 Å². The highest BCUT2D eigenvalue weighted by atomic mass is 16.5. The number of hydrogen-bond donors (Lipinski definition) is 0. The third-order valence-corrected chi connectivity index (χ3v) is 8.99. The Balaban J connectivity index is 0.000000428. The monoisotopic (exact) mass is 674 g/mol. The Kier molecular flexibility index (Phi) is 16.0. The van der Waals surface area contributed by atoms with Crippen molar-refractivity contribution in [2.75, 3.05) is 19.7 Å². The second-order valence-electron chi connectivity index (χ2n) is 17.0. The van der Waals surface area contributed by atoms with Gasteiger partial charge in [-0.15, -0.1) is 10.2 Å². The highest BCUT2D eigenvalue weighted by molar-refractivity contribution is 5.81. The zero-order chi connectivity index (χ0) is 36.0. The number of aromatic nitrogens is 6. The molecule has 0 saturated heterocycles. The van der Waals surface area contributed by atoms with Gasteiger partial charge in [0, 0.05) is 24.9 Å². The molecule has 278 valence electrons. The fourth-order valence-corrected chi connectivity index (χ4v) is 6.68. The number of hydrogen-bond acceptors (Lipinski definition) is 6. The normalized spacial score (nSPS) is 20.8. The molecule has 5 rings (SSSR count). The molecule has 2 aromatic rings. The van der Waals surface area contributed by atoms with E-state index in [0.717, 1.165) is 75.2 Å². The molecule has 0 bridgehead atoms. The first-order valence-electron chi connectivity index (χ1n) is 18.6. The molecule has 0 spiro atoms. The fraction of sp³-hybridized carbons (Fsp3) is 0.872. The summed E-state index contributed by atoms with van der Waals surface area (Å²) in [7, 11) is 0. The fourth-order valence-electron chi connectivity index (χ4n) is 6.68. The molecule has 9 heteroatoms. The predicted molar refractivity (Wildman–Crippen MR) is 200 cm³/mol. The van der Waals surface area contributed by atoms with Gasteiger partial charge in [0.1, 0.15) is 0 Å². The van der Waals surface area contributed by atoms with E-state index in [1.165, 1.54) is 29.9 Å². The molecular weight excluding hydrogens is 598 g/mol. The molecule has 0 radical (unpaired) electrons. The van der Waals surface area contributed by atoms with Gasteiger partial charge in [0.15, 0.2) is 0 Å². The Morgan fingerprint density at radius 1 is 0.688 bits per heavy atom. The van der Waals surface area contributed by atoms with Crippen molar-refractivity contribution in [1.29, 1.82) is 0 Å². The number of fused-ring (bicyclic) bond motifs is 3. The summed E-state index contributed by atoms with van der Waals surface area (Å²) in [4.78, 5) is 14.4. The molecule has 0 aromatic carbocycles. The maximum atomic E-state index is 12.4. The maximum absolute atomic E-state index is 12.4. The largest absolute Gasteiger partial charge is 0.376 e. The minimum absolute atomic E-state index is 0. The average molecular weight is 674 g/mol. The van der Waals surface area contributed by atoms with Crippen LogP contribution in [0.4, 0.5) is 0 Å². The van der Waals surface area contributed by atoms with Crippen molar-refractivity contribution in [2.45, 2.75) is 180 Å². The van der Waals surface area contributed by atoms with Crippen LogP contribution in [-0.4, -0.2) is 66.1 Å². The molecule has 3 heterocycles. The Labute approximate surface area is 295 Å². The molecule has 1 amide bonds. The Hall–Kier alpha value is -2.29. The minimum Gasteiger partial charge on any atom is -0.376 e. The highest BCUT2D eigenvalue weighted by Gasteiger charge is 2.50. The van der Waals surface area contributed by atoms with Crippen LogP contribution in [0.15, 0.2) is 0 Å². The number of aryl methyl sites for hydroxylation is 1. The number of carbonyl (C=O) groups excluding carboxylic acids is 1. The Morgan fingerprint density at radius 3 is 1.60 bits per heavy atom. The van der Waals surface area contributed by atoms with Crippen LogP contribution < -0.4 is 0 Å². The highest BCUT2D eigenvalue weighted by Crippen LogP contribution is 2.53. The van der Waals surface area contributed by atoms with E-state index in [4.69, 9.17) is 4.74 Å². The van der Waals surface area contributed by atoms with E-state index in [-0.39, 0.29) is 35.4 Å². The second-order valence-corrected chi connectivity index (χ2v) is 17.0. The van der Waals surface area contributed by atoms with E-state index >= 15 is 0 Å². The van der Waals surface area contributed by atoms with E-state index in [9.17, 15) is 4.79 Å². The maximum Gasteiger partial charge on any atom is 0.227 e. The van der Waals surface area contributed by atoms with Crippen LogP contribution in [0, 0.1) is 23.2 Å². The van der Waals surface area contributed by atoms with Crippen molar-refractivity contribution >= 4 is 5.91 Å². The quantitative estimate of drug-likeness (QED) is 0.317. The van der Waals surface area contributed by atoms with E-state index in [0.29, 0.717) is 0 Å². The van der Waals surface area contributed by atoms with E-state index in [1.54, 1.807) is 0 Å². The summed E-state index contributed by atoms with van der Waals surface area (Å²) < 4.78 is 10.2. The third-order valence-electron chi connectivity index (χ3n) is 8.99. The summed E-state index contributed by atoms with van der Waals surface area (Å²) in [5.41, 5.74) is 4.55. The first-order chi connectivity index (χ1) is 21.8. The molecule has 2 aliphatic carbocycles. The van der Waals surface area contributed by atoms with E-state index < -0.39 is 0 Å². The van der Waals surface area contributed by atoms with Gasteiger partial charge in [0.2, 0.25) is 5.91 Å². The van der Waals surface area contributed by atoms with Crippen LogP contribution >= 0.6 is 0 Å². The lowest BCUT2D eigenvalue weighted by Crippen LogP contribution is -2.42. The van der Waals surface area contributed by atoms with Gasteiger partial charge in [0.05, 0.1) is 46.1 Å². The molecule has 1 aliphatic heterocycles. The second kappa shape index (κ2) is 17.6. The van der Waals surface area contributed by atoms with Crippen LogP contribution in [0.1, 0.15) is 160 Å². The molecule has 1 saturated carbocycles. The number of nitrogens with zero attached hydrogens (tertiary/aromatic N) is 7. The summed E-state index contributed by atoms with van der Waals surface area (Å²) >= 11 is 0. The number of ether oxygens (including phenoxy) is 1. The Morgan fingerprint density at radius 2 is 1.15 bits per heavy atom. The molecule has 3 atom stereocenters. The standard InChI is InChI=1S/C18H31N3O.C16H28N4O.2C2H6.CH4/c1-17(2,3)21-16-10-8-13-12(7-9-15(16)19-20-21)14(13)11-22-18(4,5)6;1-15(2,3)14(21)19-10-7-8-13-12(9-11-19)17-18-20(13)16(4,5)6;2*1-2;/h12-14H,7-11H2,1-6H3;7-11H2,1-6H3;2*1-2H3;1H4.